The molecule has 118 valence electrons. The maximum absolute atomic E-state index is 14.0. The fraction of sp³-hybridized carbons (Fsp3) is 0.429. The first kappa shape index (κ1) is 14.8. The highest BCUT2D eigenvalue weighted by Crippen LogP contribution is 2.32. The average molecular weight is 315 g/mol. The minimum absolute atomic E-state index is 0.202. The number of aromatic nitrogens is 3. The van der Waals surface area contributed by atoms with Crippen LogP contribution in [0.1, 0.15) is 29.8 Å². The molecule has 2 aromatic rings. The van der Waals surface area contributed by atoms with Gasteiger partial charge in [0.2, 0.25) is 0 Å². The lowest BCUT2D eigenvalue weighted by molar-refractivity contribution is -0.140. The molecule has 0 saturated heterocycles. The van der Waals surface area contributed by atoms with Crippen molar-refractivity contribution < 1.29 is 17.6 Å². The quantitative estimate of drug-likeness (QED) is 0.799. The zero-order chi connectivity index (χ0) is 15.9. The molecule has 0 spiro atoms. The van der Waals surface area contributed by atoms with Crippen molar-refractivity contribution in [3.05, 3.63) is 51.5 Å². The summed E-state index contributed by atoms with van der Waals surface area (Å²) >= 11 is 0. The van der Waals surface area contributed by atoms with Crippen LogP contribution in [0.3, 0.4) is 0 Å². The summed E-state index contributed by atoms with van der Waals surface area (Å²) in [5, 5.41) is 4.10. The highest BCUT2D eigenvalue weighted by Gasteiger charge is 2.34. The van der Waals surface area contributed by atoms with Gasteiger partial charge in [-0.2, -0.15) is 18.3 Å². The van der Waals surface area contributed by atoms with Crippen LogP contribution in [0.5, 0.6) is 0 Å². The molecule has 0 saturated carbocycles. The number of benzene rings is 1. The Hall–Kier alpha value is -2.12. The lowest BCUT2D eigenvalue weighted by Gasteiger charge is -2.10. The Bertz CT molecular complexity index is 760. The van der Waals surface area contributed by atoms with E-state index >= 15 is 0 Å². The number of hydrogen-bond acceptors (Lipinski definition) is 2. The highest BCUT2D eigenvalue weighted by atomic mass is 19.4. The van der Waals surface area contributed by atoms with E-state index in [4.69, 9.17) is 0 Å². The summed E-state index contributed by atoms with van der Waals surface area (Å²) in [7, 11) is 0. The van der Waals surface area contributed by atoms with Crippen LogP contribution in [0.4, 0.5) is 17.6 Å². The van der Waals surface area contributed by atoms with Gasteiger partial charge in [0, 0.05) is 18.5 Å². The molecule has 1 aliphatic heterocycles. The SMILES string of the molecule is O=c1n(Cc2cccc(C(F)(F)F)c2F)nc2n1CCCC2. The van der Waals surface area contributed by atoms with Crippen LogP contribution < -0.4 is 5.69 Å². The predicted octanol–water partition coefficient (Wildman–Crippen LogP) is 2.59. The van der Waals surface area contributed by atoms with Crippen LogP contribution in [-0.4, -0.2) is 14.3 Å². The molecule has 1 aromatic carbocycles. The first-order valence-electron chi connectivity index (χ1n) is 6.89. The maximum atomic E-state index is 14.0. The lowest BCUT2D eigenvalue weighted by Crippen LogP contribution is -2.27. The van der Waals surface area contributed by atoms with Gasteiger partial charge in [0.05, 0.1) is 12.1 Å². The van der Waals surface area contributed by atoms with Gasteiger partial charge < -0.3 is 0 Å². The third-order valence-corrected chi connectivity index (χ3v) is 3.74. The zero-order valence-electron chi connectivity index (χ0n) is 11.5. The molecule has 0 fully saturated rings. The number of aryl methyl sites for hydroxylation is 1. The van der Waals surface area contributed by atoms with Crippen LogP contribution in [0.2, 0.25) is 0 Å². The first-order chi connectivity index (χ1) is 10.4. The van der Waals surface area contributed by atoms with Gasteiger partial charge in [-0.25, -0.2) is 13.9 Å². The molecule has 0 amide bonds. The zero-order valence-corrected chi connectivity index (χ0v) is 11.5. The Morgan fingerprint density at radius 1 is 1.23 bits per heavy atom. The molecule has 1 aliphatic rings. The van der Waals surface area contributed by atoms with Crippen molar-refractivity contribution in [3.8, 4) is 0 Å². The van der Waals surface area contributed by atoms with Crippen molar-refractivity contribution in [3.63, 3.8) is 0 Å². The van der Waals surface area contributed by atoms with Crippen LogP contribution >= 0.6 is 0 Å². The second-order valence-electron chi connectivity index (χ2n) is 5.24. The van der Waals surface area contributed by atoms with E-state index in [-0.39, 0.29) is 12.1 Å². The number of halogens is 4. The Kier molecular flexibility index (Phi) is 3.54. The van der Waals surface area contributed by atoms with Gasteiger partial charge in [0.1, 0.15) is 11.6 Å². The molecule has 0 N–H and O–H groups in total. The molecule has 0 radical (unpaired) electrons. The van der Waals surface area contributed by atoms with E-state index in [2.05, 4.69) is 5.10 Å². The van der Waals surface area contributed by atoms with Crippen LogP contribution in [0.25, 0.3) is 0 Å². The highest BCUT2D eigenvalue weighted by molar-refractivity contribution is 5.28. The van der Waals surface area contributed by atoms with E-state index in [1.165, 1.54) is 10.6 Å². The first-order valence-corrected chi connectivity index (χ1v) is 6.89. The number of nitrogens with zero attached hydrogens (tertiary/aromatic N) is 3. The molecule has 0 aliphatic carbocycles. The predicted molar refractivity (Wildman–Crippen MR) is 69.9 cm³/mol. The summed E-state index contributed by atoms with van der Waals surface area (Å²) in [5.74, 6) is -0.753. The van der Waals surface area contributed by atoms with Gasteiger partial charge in [-0.1, -0.05) is 12.1 Å². The number of fused-ring (bicyclic) bond motifs is 1. The van der Waals surface area contributed by atoms with Crippen molar-refractivity contribution in [1.82, 2.24) is 14.3 Å². The average Bonchev–Trinajstić information content (AvgIpc) is 2.77. The minimum atomic E-state index is -4.77. The summed E-state index contributed by atoms with van der Waals surface area (Å²) in [6.45, 7) is 0.230. The van der Waals surface area contributed by atoms with E-state index in [1.54, 1.807) is 0 Å². The molecule has 2 heterocycles. The van der Waals surface area contributed by atoms with E-state index < -0.39 is 23.2 Å². The van der Waals surface area contributed by atoms with Crippen molar-refractivity contribution in [2.75, 3.05) is 0 Å². The molecule has 22 heavy (non-hydrogen) atoms. The van der Waals surface area contributed by atoms with Crippen LogP contribution in [0, 0.1) is 5.82 Å². The fourth-order valence-electron chi connectivity index (χ4n) is 2.63. The number of alkyl halides is 3. The van der Waals surface area contributed by atoms with E-state index in [0.29, 0.717) is 24.9 Å². The van der Waals surface area contributed by atoms with Crippen molar-refractivity contribution in [2.24, 2.45) is 0 Å². The summed E-state index contributed by atoms with van der Waals surface area (Å²) < 4.78 is 54.6. The summed E-state index contributed by atoms with van der Waals surface area (Å²) in [6.07, 6.45) is -2.35. The van der Waals surface area contributed by atoms with Gasteiger partial charge in [-0.05, 0) is 18.9 Å². The van der Waals surface area contributed by atoms with E-state index in [9.17, 15) is 22.4 Å². The maximum Gasteiger partial charge on any atom is 0.419 e. The third-order valence-electron chi connectivity index (χ3n) is 3.74. The van der Waals surface area contributed by atoms with E-state index in [1.807, 2.05) is 0 Å². The second kappa shape index (κ2) is 5.26. The normalized spacial score (nSPS) is 14.9. The Balaban J connectivity index is 1.98. The van der Waals surface area contributed by atoms with Gasteiger partial charge in [0.15, 0.2) is 0 Å². The van der Waals surface area contributed by atoms with Crippen molar-refractivity contribution >= 4 is 0 Å². The molecule has 0 atom stereocenters. The van der Waals surface area contributed by atoms with Crippen molar-refractivity contribution in [1.29, 1.82) is 0 Å². The fourth-order valence-corrected chi connectivity index (χ4v) is 2.63. The van der Waals surface area contributed by atoms with Gasteiger partial charge in [0.25, 0.3) is 0 Å². The molecule has 1 aromatic heterocycles. The number of rotatable bonds is 2. The van der Waals surface area contributed by atoms with Crippen LogP contribution in [0.15, 0.2) is 23.0 Å². The van der Waals surface area contributed by atoms with Crippen LogP contribution in [-0.2, 0) is 25.7 Å². The largest absolute Gasteiger partial charge is 0.419 e. The molecular weight excluding hydrogens is 302 g/mol. The molecule has 3 rings (SSSR count). The second-order valence-corrected chi connectivity index (χ2v) is 5.24. The standard InChI is InChI=1S/C14H13F4N3O/c15-12-9(4-3-5-10(12)14(16,17)18)8-21-13(22)20-7-2-1-6-11(20)19-21/h3-5H,1-2,6-8H2. The molecule has 0 unspecified atom stereocenters. The molecule has 8 heteroatoms. The summed E-state index contributed by atoms with van der Waals surface area (Å²) in [4.78, 5) is 12.1. The van der Waals surface area contributed by atoms with Gasteiger partial charge >= 0.3 is 11.9 Å². The van der Waals surface area contributed by atoms with E-state index in [0.717, 1.165) is 23.6 Å². The molecular formula is C14H13F4N3O. The topological polar surface area (TPSA) is 39.8 Å². The lowest BCUT2D eigenvalue weighted by atomic mass is 10.1. The Labute approximate surface area is 123 Å². The Morgan fingerprint density at radius 2 is 2.00 bits per heavy atom. The smallest absolute Gasteiger partial charge is 0.279 e. The van der Waals surface area contributed by atoms with Gasteiger partial charge in [-0.15, -0.1) is 0 Å². The summed E-state index contributed by atoms with van der Waals surface area (Å²) in [6, 6.07) is 3.04. The minimum Gasteiger partial charge on any atom is -0.279 e. The monoisotopic (exact) mass is 315 g/mol. The summed E-state index contributed by atoms with van der Waals surface area (Å²) in [5.41, 5.74) is -1.94. The Morgan fingerprint density at radius 3 is 2.68 bits per heavy atom. The molecule has 0 bridgehead atoms. The number of hydrogen-bond donors (Lipinski definition) is 0. The molecule has 4 nitrogen and oxygen atoms in total. The van der Waals surface area contributed by atoms with Gasteiger partial charge in [-0.3, -0.25) is 4.57 Å². The third kappa shape index (κ3) is 2.53. The van der Waals surface area contributed by atoms with Crippen molar-refractivity contribution in [2.45, 2.75) is 38.5 Å².